The number of nitrogen functional groups attached to an aromatic ring is 1. The van der Waals surface area contributed by atoms with Crippen molar-refractivity contribution in [3.8, 4) is 11.5 Å². The average molecular weight is 391 g/mol. The normalized spacial score (nSPS) is 10.8. The smallest absolute Gasteiger partial charge is 0.243 e. The molecule has 0 aliphatic rings. The number of nitrogens with two attached hydrogens (primary N) is 1. The number of benzene rings is 2. The molecule has 0 amide bonds. The van der Waals surface area contributed by atoms with Gasteiger partial charge in [-0.3, -0.25) is 0 Å². The molecule has 0 bridgehead atoms. The highest BCUT2D eigenvalue weighted by atomic mass is 35.5. The molecule has 2 rings (SSSR count). The topological polar surface area (TPSA) is 90.7 Å². The number of halogens is 2. The molecule has 6 nitrogen and oxygen atoms in total. The quantitative estimate of drug-likeness (QED) is 0.708. The van der Waals surface area contributed by atoms with E-state index in [1.807, 2.05) is 0 Å². The molecule has 0 unspecified atom stereocenters. The number of anilines is 1. The SMILES string of the molecule is COc1cc(F)c(S(=O)(=O)NCCc2ccc(N)cc2)cc1OC.Cl. The van der Waals surface area contributed by atoms with Gasteiger partial charge in [0, 0.05) is 24.4 Å². The van der Waals surface area contributed by atoms with E-state index in [-0.39, 0.29) is 30.5 Å². The summed E-state index contributed by atoms with van der Waals surface area (Å²) in [6.45, 7) is 0.125. The monoisotopic (exact) mass is 390 g/mol. The molecule has 0 heterocycles. The van der Waals surface area contributed by atoms with Gasteiger partial charge < -0.3 is 15.2 Å². The van der Waals surface area contributed by atoms with Gasteiger partial charge in [-0.2, -0.15) is 0 Å². The van der Waals surface area contributed by atoms with Crippen LogP contribution >= 0.6 is 12.4 Å². The first-order valence-corrected chi connectivity index (χ1v) is 8.61. The van der Waals surface area contributed by atoms with Crippen molar-refractivity contribution in [2.45, 2.75) is 11.3 Å². The lowest BCUT2D eigenvalue weighted by molar-refractivity contribution is 0.350. The van der Waals surface area contributed by atoms with Gasteiger partial charge in [0.15, 0.2) is 11.5 Å². The first-order valence-electron chi connectivity index (χ1n) is 7.13. The minimum atomic E-state index is -4.01. The molecule has 0 aromatic heterocycles. The Hall–Kier alpha value is -2.03. The molecule has 0 radical (unpaired) electrons. The summed E-state index contributed by atoms with van der Waals surface area (Å²) in [5, 5.41) is 0. The number of hydrogen-bond donors (Lipinski definition) is 2. The highest BCUT2D eigenvalue weighted by Gasteiger charge is 2.22. The standard InChI is InChI=1S/C16H19FN2O4S.ClH/c1-22-14-9-13(17)16(10-15(14)23-2)24(20,21)19-8-7-11-3-5-12(18)6-4-11;/h3-6,9-10,19H,7-8,18H2,1-2H3;1H. The molecule has 9 heteroatoms. The van der Waals surface area contributed by atoms with Gasteiger partial charge in [0.1, 0.15) is 10.7 Å². The minimum absolute atomic E-state index is 0. The van der Waals surface area contributed by atoms with Crippen LogP contribution in [-0.4, -0.2) is 29.2 Å². The van der Waals surface area contributed by atoms with E-state index in [1.54, 1.807) is 24.3 Å². The Labute approximate surface area is 152 Å². The third-order valence-electron chi connectivity index (χ3n) is 3.41. The van der Waals surface area contributed by atoms with E-state index in [2.05, 4.69) is 4.72 Å². The van der Waals surface area contributed by atoms with Crippen molar-refractivity contribution < 1.29 is 22.3 Å². The molecule has 0 aliphatic carbocycles. The fraction of sp³-hybridized carbons (Fsp3) is 0.250. The second kappa shape index (κ2) is 8.89. The summed E-state index contributed by atoms with van der Waals surface area (Å²) in [6, 6.07) is 9.16. The van der Waals surface area contributed by atoms with Crippen molar-refractivity contribution in [1.82, 2.24) is 4.72 Å². The van der Waals surface area contributed by atoms with Crippen molar-refractivity contribution in [2.75, 3.05) is 26.5 Å². The highest BCUT2D eigenvalue weighted by molar-refractivity contribution is 7.89. The van der Waals surface area contributed by atoms with Crippen LogP contribution in [0.1, 0.15) is 5.56 Å². The van der Waals surface area contributed by atoms with Crippen molar-refractivity contribution in [2.24, 2.45) is 0 Å². The molecule has 2 aromatic rings. The first-order chi connectivity index (χ1) is 11.4. The minimum Gasteiger partial charge on any atom is -0.493 e. The molecule has 0 fully saturated rings. The van der Waals surface area contributed by atoms with Crippen molar-refractivity contribution in [1.29, 1.82) is 0 Å². The number of nitrogens with one attached hydrogen (secondary N) is 1. The van der Waals surface area contributed by atoms with Crippen molar-refractivity contribution >= 4 is 28.1 Å². The molecular formula is C16H20ClFN2O4S. The van der Waals surface area contributed by atoms with Crippen LogP contribution in [0.25, 0.3) is 0 Å². The lowest BCUT2D eigenvalue weighted by Crippen LogP contribution is -2.27. The van der Waals surface area contributed by atoms with E-state index in [9.17, 15) is 12.8 Å². The Morgan fingerprint density at radius 1 is 1.08 bits per heavy atom. The first kappa shape index (κ1) is 21.0. The largest absolute Gasteiger partial charge is 0.493 e. The van der Waals surface area contributed by atoms with Crippen LogP contribution in [0.15, 0.2) is 41.3 Å². The highest BCUT2D eigenvalue weighted by Crippen LogP contribution is 2.31. The van der Waals surface area contributed by atoms with E-state index >= 15 is 0 Å². The van der Waals surface area contributed by atoms with Crippen LogP contribution < -0.4 is 19.9 Å². The van der Waals surface area contributed by atoms with E-state index in [1.165, 1.54) is 14.2 Å². The maximum atomic E-state index is 14.1. The molecule has 0 saturated heterocycles. The number of methoxy groups -OCH3 is 2. The summed E-state index contributed by atoms with van der Waals surface area (Å²) < 4.78 is 51.0. The maximum absolute atomic E-state index is 14.1. The molecule has 0 aliphatic heterocycles. The summed E-state index contributed by atoms with van der Waals surface area (Å²) in [5.74, 6) is -0.652. The maximum Gasteiger partial charge on any atom is 0.243 e. The van der Waals surface area contributed by atoms with Crippen LogP contribution in [0.4, 0.5) is 10.1 Å². The predicted molar refractivity (Wildman–Crippen MR) is 96.5 cm³/mol. The van der Waals surface area contributed by atoms with Crippen LogP contribution in [0.3, 0.4) is 0 Å². The van der Waals surface area contributed by atoms with E-state index in [0.717, 1.165) is 17.7 Å². The van der Waals surface area contributed by atoms with Crippen LogP contribution in [-0.2, 0) is 16.4 Å². The number of hydrogen-bond acceptors (Lipinski definition) is 5. The molecule has 2 aromatic carbocycles. The lowest BCUT2D eigenvalue weighted by atomic mass is 10.1. The summed E-state index contributed by atoms with van der Waals surface area (Å²) in [6.07, 6.45) is 0.453. The van der Waals surface area contributed by atoms with Gasteiger partial charge in [0.05, 0.1) is 14.2 Å². The Morgan fingerprint density at radius 3 is 2.20 bits per heavy atom. The van der Waals surface area contributed by atoms with Gasteiger partial charge in [0.25, 0.3) is 0 Å². The zero-order chi connectivity index (χ0) is 17.7. The fourth-order valence-electron chi connectivity index (χ4n) is 2.13. The van der Waals surface area contributed by atoms with Crippen molar-refractivity contribution in [3.63, 3.8) is 0 Å². The second-order valence-electron chi connectivity index (χ2n) is 5.03. The molecule has 0 saturated carbocycles. The van der Waals surface area contributed by atoms with Crippen LogP contribution in [0.2, 0.25) is 0 Å². The van der Waals surface area contributed by atoms with E-state index in [4.69, 9.17) is 15.2 Å². The molecule has 0 spiro atoms. The second-order valence-corrected chi connectivity index (χ2v) is 6.76. The fourth-order valence-corrected chi connectivity index (χ4v) is 3.24. The van der Waals surface area contributed by atoms with Crippen LogP contribution in [0.5, 0.6) is 11.5 Å². The summed E-state index contributed by atoms with van der Waals surface area (Å²) in [5.41, 5.74) is 7.14. The third-order valence-corrected chi connectivity index (χ3v) is 4.89. The van der Waals surface area contributed by atoms with Gasteiger partial charge in [0.2, 0.25) is 10.0 Å². The van der Waals surface area contributed by atoms with Gasteiger partial charge >= 0.3 is 0 Å². The Bertz CT molecular complexity index is 814. The molecule has 138 valence electrons. The number of sulfonamides is 1. The summed E-state index contributed by atoms with van der Waals surface area (Å²) in [4.78, 5) is -0.488. The van der Waals surface area contributed by atoms with Crippen molar-refractivity contribution in [3.05, 3.63) is 47.8 Å². The molecule has 0 atom stereocenters. The molecule has 3 N–H and O–H groups in total. The van der Waals surface area contributed by atoms with Gasteiger partial charge in [-0.25, -0.2) is 17.5 Å². The van der Waals surface area contributed by atoms with Gasteiger partial charge in [-0.1, -0.05) is 12.1 Å². The molecule has 25 heavy (non-hydrogen) atoms. The third kappa shape index (κ3) is 5.22. The summed E-state index contributed by atoms with van der Waals surface area (Å²) >= 11 is 0. The Morgan fingerprint density at radius 2 is 1.64 bits per heavy atom. The number of ether oxygens (including phenoxy) is 2. The molecular weight excluding hydrogens is 371 g/mol. The summed E-state index contributed by atoms with van der Waals surface area (Å²) in [7, 11) is -1.32. The zero-order valence-corrected chi connectivity index (χ0v) is 15.4. The van der Waals surface area contributed by atoms with E-state index in [0.29, 0.717) is 12.1 Å². The van der Waals surface area contributed by atoms with Gasteiger partial charge in [-0.05, 0) is 24.1 Å². The lowest BCUT2D eigenvalue weighted by Gasteiger charge is -2.12. The Balaban J connectivity index is 0.00000312. The Kier molecular flexibility index (Phi) is 7.47. The van der Waals surface area contributed by atoms with Crippen LogP contribution in [0, 0.1) is 5.82 Å². The van der Waals surface area contributed by atoms with E-state index < -0.39 is 20.7 Å². The predicted octanol–water partition coefficient (Wildman–Crippen LogP) is 2.37. The zero-order valence-electron chi connectivity index (χ0n) is 13.8. The number of rotatable bonds is 7. The average Bonchev–Trinajstić information content (AvgIpc) is 2.56. The van der Waals surface area contributed by atoms with Gasteiger partial charge in [-0.15, -0.1) is 12.4 Å².